The highest BCUT2D eigenvalue weighted by atomic mass is 16.1. The van der Waals surface area contributed by atoms with E-state index in [1.54, 1.807) is 12.5 Å². The zero-order valence-electron chi connectivity index (χ0n) is 16.1. The molecule has 144 valence electrons. The number of carbonyl (C=O) groups excluding carboxylic acids is 1. The number of aromatic nitrogens is 2. The highest BCUT2D eigenvalue weighted by Gasteiger charge is 2.13. The summed E-state index contributed by atoms with van der Waals surface area (Å²) < 4.78 is 1.92. The molecule has 0 spiro atoms. The molecule has 0 unspecified atom stereocenters. The number of imidazole rings is 1. The Morgan fingerprint density at radius 2 is 1.71 bits per heavy atom. The van der Waals surface area contributed by atoms with Gasteiger partial charge in [0, 0.05) is 36.7 Å². The smallest absolute Gasteiger partial charge is 0.251 e. The molecule has 5 heteroatoms. The van der Waals surface area contributed by atoms with Crippen LogP contribution in [0.5, 0.6) is 0 Å². The second kappa shape index (κ2) is 8.85. The van der Waals surface area contributed by atoms with Crippen molar-refractivity contribution < 1.29 is 4.79 Å². The fourth-order valence-corrected chi connectivity index (χ4v) is 3.72. The molecule has 0 aliphatic carbocycles. The molecule has 3 aromatic rings. The van der Waals surface area contributed by atoms with Crippen LogP contribution in [0, 0.1) is 0 Å². The van der Waals surface area contributed by atoms with Crippen LogP contribution in [-0.2, 0) is 13.1 Å². The van der Waals surface area contributed by atoms with E-state index in [0.717, 1.165) is 12.2 Å². The highest BCUT2D eigenvalue weighted by Crippen LogP contribution is 2.16. The lowest BCUT2D eigenvalue weighted by Crippen LogP contribution is -2.30. The molecular weight excluding hydrogens is 348 g/mol. The lowest BCUT2D eigenvalue weighted by Gasteiger charge is -2.27. The van der Waals surface area contributed by atoms with Crippen molar-refractivity contribution in [3.63, 3.8) is 0 Å². The fraction of sp³-hybridized carbons (Fsp3) is 0.304. The number of nitrogens with zero attached hydrogens (tertiary/aromatic N) is 3. The monoisotopic (exact) mass is 374 g/mol. The molecule has 28 heavy (non-hydrogen) atoms. The summed E-state index contributed by atoms with van der Waals surface area (Å²) in [6.07, 6.45) is 9.28. The minimum Gasteiger partial charge on any atom is -0.348 e. The molecule has 2 aromatic carbocycles. The second-order valence-electron chi connectivity index (χ2n) is 7.31. The third-order valence-corrected chi connectivity index (χ3v) is 5.33. The molecular formula is C23H26N4O. The molecule has 1 fully saturated rings. The summed E-state index contributed by atoms with van der Waals surface area (Å²) in [4.78, 5) is 19.1. The maximum Gasteiger partial charge on any atom is 0.251 e. The third-order valence-electron chi connectivity index (χ3n) is 5.33. The Labute approximate surface area is 166 Å². The molecule has 1 N–H and O–H groups in total. The summed E-state index contributed by atoms with van der Waals surface area (Å²) in [5, 5.41) is 3.07. The maximum absolute atomic E-state index is 12.6. The van der Waals surface area contributed by atoms with Gasteiger partial charge in [-0.3, -0.25) is 9.69 Å². The van der Waals surface area contributed by atoms with Crippen molar-refractivity contribution in [1.29, 1.82) is 0 Å². The number of hydrogen-bond acceptors (Lipinski definition) is 3. The number of likely N-dealkylation sites (tertiary alicyclic amines) is 1. The Morgan fingerprint density at radius 1 is 0.964 bits per heavy atom. The van der Waals surface area contributed by atoms with Crippen molar-refractivity contribution in [3.05, 3.63) is 83.9 Å². The SMILES string of the molecule is O=C(NCc1ccccc1CN1CCCCC1)c1ccc(-n2ccnc2)cc1. The number of rotatable bonds is 6. The molecule has 0 bridgehead atoms. The Kier molecular flexibility index (Phi) is 5.83. The first-order valence-corrected chi connectivity index (χ1v) is 9.95. The second-order valence-corrected chi connectivity index (χ2v) is 7.31. The van der Waals surface area contributed by atoms with Crippen LogP contribution in [0.3, 0.4) is 0 Å². The number of carbonyl (C=O) groups is 1. The summed E-state index contributed by atoms with van der Waals surface area (Å²) in [5.74, 6) is -0.0510. The van der Waals surface area contributed by atoms with Crippen LogP contribution in [0.15, 0.2) is 67.3 Å². The zero-order valence-corrected chi connectivity index (χ0v) is 16.1. The standard InChI is InChI=1S/C23H26N4O/c28-23(19-8-10-22(11-9-19)27-15-12-24-18-27)25-16-20-6-2-3-7-21(20)17-26-13-4-1-5-14-26/h2-3,6-12,15,18H,1,4-5,13-14,16-17H2,(H,25,28). The molecule has 0 radical (unpaired) electrons. The van der Waals surface area contributed by atoms with E-state index in [2.05, 4.69) is 33.4 Å². The van der Waals surface area contributed by atoms with Crippen LogP contribution >= 0.6 is 0 Å². The summed E-state index contributed by atoms with van der Waals surface area (Å²) in [7, 11) is 0. The molecule has 4 rings (SSSR count). The van der Waals surface area contributed by atoms with E-state index in [1.165, 1.54) is 43.5 Å². The Morgan fingerprint density at radius 3 is 2.43 bits per heavy atom. The first-order valence-electron chi connectivity index (χ1n) is 9.95. The summed E-state index contributed by atoms with van der Waals surface area (Å²) >= 11 is 0. The lowest BCUT2D eigenvalue weighted by molar-refractivity contribution is 0.0950. The van der Waals surface area contributed by atoms with Gasteiger partial charge in [-0.2, -0.15) is 0 Å². The molecule has 5 nitrogen and oxygen atoms in total. The van der Waals surface area contributed by atoms with Crippen molar-refractivity contribution in [2.24, 2.45) is 0 Å². The van der Waals surface area contributed by atoms with Gasteiger partial charge >= 0.3 is 0 Å². The van der Waals surface area contributed by atoms with Crippen molar-refractivity contribution in [1.82, 2.24) is 19.8 Å². The van der Waals surface area contributed by atoms with E-state index >= 15 is 0 Å². The first-order chi connectivity index (χ1) is 13.8. The van der Waals surface area contributed by atoms with Gasteiger partial charge in [0.15, 0.2) is 0 Å². The predicted molar refractivity (Wildman–Crippen MR) is 110 cm³/mol. The minimum absolute atomic E-state index is 0.0510. The zero-order chi connectivity index (χ0) is 19.2. The maximum atomic E-state index is 12.6. The van der Waals surface area contributed by atoms with Gasteiger partial charge in [0.05, 0.1) is 6.33 Å². The van der Waals surface area contributed by atoms with Gasteiger partial charge in [-0.1, -0.05) is 30.7 Å². The molecule has 1 saturated heterocycles. The summed E-state index contributed by atoms with van der Waals surface area (Å²) in [5.41, 5.74) is 4.15. The van der Waals surface area contributed by atoms with Crippen LogP contribution in [-0.4, -0.2) is 33.4 Å². The van der Waals surface area contributed by atoms with Crippen LogP contribution in [0.25, 0.3) is 5.69 Å². The molecule has 2 heterocycles. The number of amides is 1. The van der Waals surface area contributed by atoms with Gasteiger partial charge in [0.2, 0.25) is 0 Å². The number of benzene rings is 2. The van der Waals surface area contributed by atoms with Crippen molar-refractivity contribution >= 4 is 5.91 Å². The van der Waals surface area contributed by atoms with Gasteiger partial charge in [0.25, 0.3) is 5.91 Å². The fourth-order valence-electron chi connectivity index (χ4n) is 3.72. The Hall–Kier alpha value is -2.92. The lowest BCUT2D eigenvalue weighted by atomic mass is 10.0. The molecule has 0 atom stereocenters. The van der Waals surface area contributed by atoms with Crippen molar-refractivity contribution in [3.8, 4) is 5.69 Å². The minimum atomic E-state index is -0.0510. The van der Waals surface area contributed by atoms with Crippen LogP contribution in [0.2, 0.25) is 0 Å². The number of piperidine rings is 1. The molecule has 1 amide bonds. The Bertz CT molecular complexity index is 897. The summed E-state index contributed by atoms with van der Waals surface area (Å²) in [6, 6.07) is 16.0. The molecule has 1 aromatic heterocycles. The van der Waals surface area contributed by atoms with Crippen molar-refractivity contribution in [2.75, 3.05) is 13.1 Å². The first kappa shape index (κ1) is 18.4. The van der Waals surface area contributed by atoms with E-state index < -0.39 is 0 Å². The number of nitrogens with one attached hydrogen (secondary N) is 1. The van der Waals surface area contributed by atoms with Gasteiger partial charge in [-0.25, -0.2) is 4.98 Å². The highest BCUT2D eigenvalue weighted by molar-refractivity contribution is 5.94. The van der Waals surface area contributed by atoms with E-state index in [9.17, 15) is 4.79 Å². The van der Waals surface area contributed by atoms with Crippen LogP contribution in [0.4, 0.5) is 0 Å². The quantitative estimate of drug-likeness (QED) is 0.714. The van der Waals surface area contributed by atoms with E-state index in [0.29, 0.717) is 12.1 Å². The normalized spacial score (nSPS) is 14.7. The van der Waals surface area contributed by atoms with Gasteiger partial charge in [-0.05, 0) is 61.3 Å². The molecule has 1 aliphatic heterocycles. The van der Waals surface area contributed by atoms with Crippen molar-refractivity contribution in [2.45, 2.75) is 32.4 Å². The average Bonchev–Trinajstić information content (AvgIpc) is 3.29. The van der Waals surface area contributed by atoms with E-state index in [1.807, 2.05) is 41.1 Å². The molecule has 1 aliphatic rings. The summed E-state index contributed by atoms with van der Waals surface area (Å²) in [6.45, 7) is 3.85. The van der Waals surface area contributed by atoms with Crippen LogP contribution in [0.1, 0.15) is 40.7 Å². The van der Waals surface area contributed by atoms with E-state index in [4.69, 9.17) is 0 Å². The van der Waals surface area contributed by atoms with Gasteiger partial charge in [0.1, 0.15) is 0 Å². The van der Waals surface area contributed by atoms with Gasteiger partial charge in [-0.15, -0.1) is 0 Å². The molecule has 0 saturated carbocycles. The largest absolute Gasteiger partial charge is 0.348 e. The van der Waals surface area contributed by atoms with Crippen LogP contribution < -0.4 is 5.32 Å². The third kappa shape index (κ3) is 4.49. The number of hydrogen-bond donors (Lipinski definition) is 1. The predicted octanol–water partition coefficient (Wildman–Crippen LogP) is 3.79. The average molecular weight is 374 g/mol. The Balaban J connectivity index is 1.38. The topological polar surface area (TPSA) is 50.2 Å². The van der Waals surface area contributed by atoms with Gasteiger partial charge < -0.3 is 9.88 Å². The van der Waals surface area contributed by atoms with E-state index in [-0.39, 0.29) is 5.91 Å².